The van der Waals surface area contributed by atoms with Crippen molar-refractivity contribution in [3.05, 3.63) is 83.5 Å². The zero-order valence-electron chi connectivity index (χ0n) is 13.2. The number of fused-ring (bicyclic) bond motifs is 3. The van der Waals surface area contributed by atoms with Crippen LogP contribution < -0.4 is 0 Å². The van der Waals surface area contributed by atoms with Crippen LogP contribution in [0, 0.1) is 23.8 Å². The number of allylic oxidation sites excluding steroid dienone is 4. The molecule has 1 fully saturated rings. The molecule has 0 aromatic heterocycles. The van der Waals surface area contributed by atoms with E-state index in [1.54, 1.807) is 33.5 Å². The van der Waals surface area contributed by atoms with E-state index in [-0.39, 0.29) is 11.6 Å². The van der Waals surface area contributed by atoms with Crippen LogP contribution in [-0.4, -0.2) is 3.21 Å². The van der Waals surface area contributed by atoms with Gasteiger partial charge in [-0.3, -0.25) is 10.5 Å². The van der Waals surface area contributed by atoms with E-state index in [1.165, 1.54) is 37.1 Å². The predicted molar refractivity (Wildman–Crippen MR) is 89.2 cm³/mol. The van der Waals surface area contributed by atoms with Crippen LogP contribution in [0.2, 0.25) is 0 Å². The number of halogens is 2. The van der Waals surface area contributed by atoms with E-state index in [1.807, 2.05) is 12.2 Å². The van der Waals surface area contributed by atoms with Gasteiger partial charge in [0.25, 0.3) is 0 Å². The third-order valence-corrected chi connectivity index (χ3v) is 5.04. The molecule has 2 aromatic rings. The van der Waals surface area contributed by atoms with E-state index in [0.29, 0.717) is 6.42 Å². The van der Waals surface area contributed by atoms with E-state index in [4.69, 9.17) is 0 Å². The molecule has 2 aromatic carbocycles. The zero-order valence-corrected chi connectivity index (χ0v) is 15.7. The van der Waals surface area contributed by atoms with Crippen LogP contribution in [0.1, 0.15) is 30.4 Å². The Hall–Kier alpha value is -1.47. The van der Waals surface area contributed by atoms with Crippen LogP contribution >= 0.6 is 0 Å². The Morgan fingerprint density at radius 2 is 1.75 bits per heavy atom. The predicted octanol–water partition coefficient (Wildman–Crippen LogP) is 5.14. The molecule has 0 N–H and O–H groups in total. The molecule has 1 saturated carbocycles. The number of hydrogen-bond donors (Lipinski definition) is 0. The molecule has 0 radical (unpaired) electrons. The van der Waals surface area contributed by atoms with Crippen LogP contribution in [0.4, 0.5) is 8.78 Å². The first-order valence-electron chi connectivity index (χ1n) is 7.90. The van der Waals surface area contributed by atoms with Gasteiger partial charge in [-0.2, -0.15) is 12.1 Å². The molecule has 0 spiro atoms. The second-order valence-corrected chi connectivity index (χ2v) is 7.53. The molecule has 3 aliphatic carbocycles. The average Bonchev–Trinajstić information content (AvgIpc) is 3.07. The maximum absolute atomic E-state index is 13.1. The topological polar surface area (TPSA) is 0 Å². The zero-order chi connectivity index (χ0) is 16.9. The molecule has 3 aliphatic rings. The minimum absolute atomic E-state index is 0.286. The van der Waals surface area contributed by atoms with Crippen molar-refractivity contribution < 1.29 is 33.0 Å². The number of rotatable bonds is 0. The van der Waals surface area contributed by atoms with Gasteiger partial charge in [0.05, 0.1) is 0 Å². The Bertz CT molecular complexity index is 753. The Morgan fingerprint density at radius 1 is 1.00 bits per heavy atom. The molecule has 0 unspecified atom stereocenters. The van der Waals surface area contributed by atoms with Crippen molar-refractivity contribution in [3.8, 4) is 11.1 Å². The Balaban J connectivity index is 0.000000153. The van der Waals surface area contributed by atoms with Crippen LogP contribution in [0.5, 0.6) is 0 Å². The first-order chi connectivity index (χ1) is 11.6. The van der Waals surface area contributed by atoms with Crippen molar-refractivity contribution in [1.29, 1.82) is 0 Å². The van der Waals surface area contributed by atoms with Gasteiger partial charge < -0.3 is 0 Å². The van der Waals surface area contributed by atoms with Crippen LogP contribution in [-0.2, 0) is 30.7 Å². The van der Waals surface area contributed by atoms with Gasteiger partial charge >= 0.3 is 40.3 Å². The van der Waals surface area contributed by atoms with Gasteiger partial charge in [-0.1, -0.05) is 11.6 Å². The van der Waals surface area contributed by atoms with Gasteiger partial charge in [-0.15, -0.1) is 29.7 Å². The molecule has 0 atom stereocenters. The molecule has 5 rings (SSSR count). The molecule has 118 valence electrons. The number of hydrogen-bond acceptors (Lipinski definition) is 0. The molecule has 0 heterocycles. The molecule has 0 nitrogen and oxygen atoms in total. The second-order valence-electron chi connectivity index (χ2n) is 5.79. The summed E-state index contributed by atoms with van der Waals surface area (Å²) in [6.07, 6.45) is 13.6. The summed E-state index contributed by atoms with van der Waals surface area (Å²) >= 11 is 1.66. The summed E-state index contributed by atoms with van der Waals surface area (Å²) in [5.74, 6) is -0.614. The fraction of sp³-hybridized carbons (Fsp3) is 0.190. The SMILES string of the molecule is Fc1c[c-]c2c(c1)-c1cc(F)ccc1C2.[C-]1=CC=CC1.[Zr+2]=[C]1CC1. The molecule has 24 heavy (non-hydrogen) atoms. The number of benzene rings is 2. The fourth-order valence-corrected chi connectivity index (χ4v) is 2.74. The van der Waals surface area contributed by atoms with Crippen molar-refractivity contribution in [3.63, 3.8) is 0 Å². The van der Waals surface area contributed by atoms with Gasteiger partial charge in [0, 0.05) is 5.82 Å². The molecular weight excluding hydrogens is 381 g/mol. The Morgan fingerprint density at radius 3 is 2.33 bits per heavy atom. The van der Waals surface area contributed by atoms with E-state index in [2.05, 4.69) is 18.2 Å². The van der Waals surface area contributed by atoms with Crippen molar-refractivity contribution in [2.45, 2.75) is 25.7 Å². The normalized spacial score (nSPS) is 15.1. The van der Waals surface area contributed by atoms with Crippen molar-refractivity contribution >= 4 is 3.21 Å². The second kappa shape index (κ2) is 8.07. The summed E-state index contributed by atoms with van der Waals surface area (Å²) in [7, 11) is 0. The molecule has 0 aliphatic heterocycles. The van der Waals surface area contributed by atoms with Crippen LogP contribution in [0.25, 0.3) is 11.1 Å². The summed E-state index contributed by atoms with van der Waals surface area (Å²) in [5.41, 5.74) is 3.54. The first-order valence-corrected chi connectivity index (χ1v) is 9.13. The summed E-state index contributed by atoms with van der Waals surface area (Å²) in [6, 6.07) is 10.3. The summed E-state index contributed by atoms with van der Waals surface area (Å²) in [4.78, 5) is 0. The fourth-order valence-electron chi connectivity index (χ4n) is 2.43. The van der Waals surface area contributed by atoms with E-state index in [0.717, 1.165) is 28.7 Å². The van der Waals surface area contributed by atoms with Crippen molar-refractivity contribution in [1.82, 2.24) is 0 Å². The van der Waals surface area contributed by atoms with Gasteiger partial charge in [-0.05, 0) is 24.1 Å². The standard InChI is InChI=1S/C13H7F2.C5H5.C3H4.Zr/c14-10-3-1-8-5-9-2-4-11(15)7-13(9)12(8)6-10;1-2-4-5-3-1;1-2-3-1;/h1,3-4,6-7H,5H2;1-3H,4H2;1-2H2;/q2*-1;;+2. The molecule has 0 amide bonds. The van der Waals surface area contributed by atoms with E-state index >= 15 is 0 Å². The summed E-state index contributed by atoms with van der Waals surface area (Å²) in [6.45, 7) is 0. The Kier molecular flexibility index (Phi) is 5.84. The van der Waals surface area contributed by atoms with Gasteiger partial charge in [0.2, 0.25) is 0 Å². The quantitative estimate of drug-likeness (QED) is 0.461. The third kappa shape index (κ3) is 4.77. The van der Waals surface area contributed by atoms with Gasteiger partial charge in [-0.25, -0.2) is 16.5 Å². The average molecular weight is 398 g/mol. The van der Waals surface area contributed by atoms with Crippen molar-refractivity contribution in [2.75, 3.05) is 0 Å². The first kappa shape index (κ1) is 17.4. The van der Waals surface area contributed by atoms with Gasteiger partial charge in [0.15, 0.2) is 0 Å². The summed E-state index contributed by atoms with van der Waals surface area (Å²) < 4.78 is 27.8. The molecule has 3 heteroatoms. The maximum atomic E-state index is 13.1. The van der Waals surface area contributed by atoms with Crippen LogP contribution in [0.15, 0.2) is 48.6 Å². The Labute approximate surface area is 156 Å². The van der Waals surface area contributed by atoms with E-state index < -0.39 is 0 Å². The minimum atomic E-state index is -0.328. The molecule has 0 bridgehead atoms. The monoisotopic (exact) mass is 396 g/mol. The van der Waals surface area contributed by atoms with Gasteiger partial charge in [0.1, 0.15) is 5.82 Å². The molecule has 0 saturated heterocycles. The van der Waals surface area contributed by atoms with E-state index in [9.17, 15) is 8.78 Å². The van der Waals surface area contributed by atoms with Crippen molar-refractivity contribution in [2.24, 2.45) is 0 Å². The van der Waals surface area contributed by atoms with Crippen LogP contribution in [0.3, 0.4) is 0 Å². The summed E-state index contributed by atoms with van der Waals surface area (Å²) in [5, 5.41) is 0. The molecular formula is C21H16F2Zr. The third-order valence-electron chi connectivity index (χ3n) is 3.81.